The Balaban J connectivity index is 1.44. The Bertz CT molecular complexity index is 1250. The molecule has 2 aliphatic rings. The summed E-state index contributed by atoms with van der Waals surface area (Å²) in [6, 6.07) is 12.3. The van der Waals surface area contributed by atoms with E-state index in [1.165, 1.54) is 0 Å². The van der Waals surface area contributed by atoms with E-state index in [0.717, 1.165) is 73.1 Å². The van der Waals surface area contributed by atoms with Gasteiger partial charge in [0.2, 0.25) is 0 Å². The molecule has 9 heteroatoms. The van der Waals surface area contributed by atoms with Gasteiger partial charge in [-0.05, 0) is 11.6 Å². The molecule has 2 fully saturated rings. The molecular formula is C24H25N7O2. The van der Waals surface area contributed by atoms with Gasteiger partial charge in [-0.1, -0.05) is 30.3 Å². The Kier molecular flexibility index (Phi) is 5.33. The van der Waals surface area contributed by atoms with E-state index in [-0.39, 0.29) is 0 Å². The first kappa shape index (κ1) is 20.1. The van der Waals surface area contributed by atoms with Gasteiger partial charge in [0.05, 0.1) is 50.0 Å². The van der Waals surface area contributed by atoms with Crippen LogP contribution in [0.4, 0.5) is 11.5 Å². The fraction of sp³-hybridized carbons (Fsp3) is 0.333. The normalized spacial score (nSPS) is 17.0. The molecule has 0 atom stereocenters. The molecule has 0 saturated carbocycles. The van der Waals surface area contributed by atoms with Crippen LogP contribution in [0.3, 0.4) is 0 Å². The molecule has 4 aromatic rings. The van der Waals surface area contributed by atoms with Crippen molar-refractivity contribution in [3.05, 3.63) is 55.0 Å². The van der Waals surface area contributed by atoms with Gasteiger partial charge in [0.25, 0.3) is 5.95 Å². The smallest absolute Gasteiger partial charge is 0.253 e. The number of hydrogen-bond acceptors (Lipinski definition) is 8. The van der Waals surface area contributed by atoms with E-state index in [4.69, 9.17) is 24.4 Å². The van der Waals surface area contributed by atoms with Gasteiger partial charge in [-0.25, -0.2) is 14.6 Å². The van der Waals surface area contributed by atoms with Crippen LogP contribution in [0.2, 0.25) is 0 Å². The minimum absolute atomic E-state index is 0.534. The lowest BCUT2D eigenvalue weighted by Crippen LogP contribution is -2.37. The number of ether oxygens (including phenoxy) is 2. The fourth-order valence-electron chi connectivity index (χ4n) is 4.28. The number of nitrogens with zero attached hydrogens (tertiary/aromatic N) is 7. The van der Waals surface area contributed by atoms with Crippen LogP contribution in [0.5, 0.6) is 0 Å². The lowest BCUT2D eigenvalue weighted by atomic mass is 10.1. The van der Waals surface area contributed by atoms with E-state index >= 15 is 0 Å². The number of aromatic nitrogens is 5. The number of rotatable bonds is 4. The van der Waals surface area contributed by atoms with Gasteiger partial charge in [-0.2, -0.15) is 10.1 Å². The predicted octanol–water partition coefficient (Wildman–Crippen LogP) is 2.55. The van der Waals surface area contributed by atoms with Crippen molar-refractivity contribution in [1.82, 2.24) is 24.7 Å². The van der Waals surface area contributed by atoms with Crippen LogP contribution in [0.1, 0.15) is 0 Å². The largest absolute Gasteiger partial charge is 0.378 e. The van der Waals surface area contributed by atoms with Crippen molar-refractivity contribution in [2.24, 2.45) is 0 Å². The van der Waals surface area contributed by atoms with Gasteiger partial charge < -0.3 is 19.3 Å². The van der Waals surface area contributed by atoms with Crippen molar-refractivity contribution in [3.63, 3.8) is 0 Å². The second kappa shape index (κ2) is 8.76. The van der Waals surface area contributed by atoms with Crippen LogP contribution >= 0.6 is 0 Å². The van der Waals surface area contributed by atoms with E-state index < -0.39 is 0 Å². The molecule has 0 spiro atoms. The zero-order chi connectivity index (χ0) is 22.0. The molecular weight excluding hydrogens is 418 g/mol. The average Bonchev–Trinajstić information content (AvgIpc) is 3.40. The molecule has 0 aliphatic carbocycles. The zero-order valence-corrected chi connectivity index (χ0v) is 18.3. The van der Waals surface area contributed by atoms with Crippen LogP contribution < -0.4 is 9.80 Å². The van der Waals surface area contributed by atoms with Gasteiger partial charge in [0.1, 0.15) is 5.52 Å². The van der Waals surface area contributed by atoms with Gasteiger partial charge in [0.15, 0.2) is 5.82 Å². The first-order chi connectivity index (χ1) is 16.3. The highest BCUT2D eigenvalue weighted by Crippen LogP contribution is 2.28. The van der Waals surface area contributed by atoms with Gasteiger partial charge in [-0.3, -0.25) is 0 Å². The van der Waals surface area contributed by atoms with Crippen molar-refractivity contribution in [2.75, 3.05) is 62.4 Å². The molecule has 1 aromatic carbocycles. The topological polar surface area (TPSA) is 81.4 Å². The molecule has 0 N–H and O–H groups in total. The van der Waals surface area contributed by atoms with Crippen LogP contribution in [0.25, 0.3) is 28.1 Å². The summed E-state index contributed by atoms with van der Waals surface area (Å²) in [6.07, 6.45) is 5.74. The lowest BCUT2D eigenvalue weighted by molar-refractivity contribution is 0.122. The monoisotopic (exact) mass is 443 g/mol. The number of benzene rings is 1. The molecule has 0 unspecified atom stereocenters. The van der Waals surface area contributed by atoms with E-state index in [1.54, 1.807) is 4.68 Å². The highest BCUT2D eigenvalue weighted by molar-refractivity contribution is 5.88. The first-order valence-electron chi connectivity index (χ1n) is 11.3. The predicted molar refractivity (Wildman–Crippen MR) is 126 cm³/mol. The Morgan fingerprint density at radius 3 is 2.24 bits per heavy atom. The van der Waals surface area contributed by atoms with Crippen LogP contribution in [0.15, 0.2) is 55.0 Å². The van der Waals surface area contributed by atoms with Gasteiger partial charge in [-0.15, -0.1) is 0 Å². The summed E-state index contributed by atoms with van der Waals surface area (Å²) in [4.78, 5) is 19.1. The standard InChI is InChI=1S/C24H25N7O2/c1-2-4-18(5-3-1)19-15-26-31(17-19)24-27-21-14-20(29-6-10-32-11-7-29)16-25-22(21)23(28-24)30-8-12-33-13-9-30/h1-5,14-17H,6-13H2. The molecule has 9 nitrogen and oxygen atoms in total. The molecule has 0 radical (unpaired) electrons. The van der Waals surface area contributed by atoms with E-state index in [1.807, 2.05) is 36.8 Å². The summed E-state index contributed by atoms with van der Waals surface area (Å²) in [5.74, 6) is 1.36. The van der Waals surface area contributed by atoms with Crippen molar-refractivity contribution in [2.45, 2.75) is 0 Å². The highest BCUT2D eigenvalue weighted by atomic mass is 16.5. The summed E-state index contributed by atoms with van der Waals surface area (Å²) >= 11 is 0. The maximum atomic E-state index is 5.56. The summed E-state index contributed by atoms with van der Waals surface area (Å²) in [5.41, 5.74) is 4.78. The maximum absolute atomic E-state index is 5.56. The van der Waals surface area contributed by atoms with Gasteiger partial charge >= 0.3 is 0 Å². The summed E-state index contributed by atoms with van der Waals surface area (Å²) in [6.45, 7) is 6.03. The quantitative estimate of drug-likeness (QED) is 0.476. The Hall–Kier alpha value is -3.56. The minimum Gasteiger partial charge on any atom is -0.378 e. The lowest BCUT2D eigenvalue weighted by Gasteiger charge is -2.30. The molecule has 168 valence electrons. The van der Waals surface area contributed by atoms with E-state index in [9.17, 15) is 0 Å². The summed E-state index contributed by atoms with van der Waals surface area (Å²) < 4.78 is 12.8. The summed E-state index contributed by atoms with van der Waals surface area (Å²) in [5, 5.41) is 4.57. The molecule has 3 aromatic heterocycles. The Morgan fingerprint density at radius 2 is 1.48 bits per heavy atom. The molecule has 33 heavy (non-hydrogen) atoms. The van der Waals surface area contributed by atoms with Crippen LogP contribution in [0, 0.1) is 0 Å². The molecule has 2 aliphatic heterocycles. The number of pyridine rings is 1. The maximum Gasteiger partial charge on any atom is 0.253 e. The number of hydrogen-bond donors (Lipinski definition) is 0. The van der Waals surface area contributed by atoms with Gasteiger partial charge in [0, 0.05) is 37.9 Å². The van der Waals surface area contributed by atoms with E-state index in [2.05, 4.69) is 33.1 Å². The van der Waals surface area contributed by atoms with Crippen LogP contribution in [-0.2, 0) is 9.47 Å². The zero-order valence-electron chi connectivity index (χ0n) is 18.3. The average molecular weight is 444 g/mol. The number of morpholine rings is 2. The van der Waals surface area contributed by atoms with Crippen molar-refractivity contribution in [1.29, 1.82) is 0 Å². The minimum atomic E-state index is 0.534. The third-order valence-corrected chi connectivity index (χ3v) is 6.07. The fourth-order valence-corrected chi connectivity index (χ4v) is 4.28. The van der Waals surface area contributed by atoms with Crippen LogP contribution in [-0.4, -0.2) is 77.3 Å². The number of fused-ring (bicyclic) bond motifs is 1. The molecule has 0 bridgehead atoms. The summed E-state index contributed by atoms with van der Waals surface area (Å²) in [7, 11) is 0. The Morgan fingerprint density at radius 1 is 0.758 bits per heavy atom. The SMILES string of the molecule is c1ccc(-c2cnn(-c3nc(N4CCOCC4)c4ncc(N5CCOCC5)cc4n3)c2)cc1. The van der Waals surface area contributed by atoms with Crippen molar-refractivity contribution < 1.29 is 9.47 Å². The number of anilines is 2. The highest BCUT2D eigenvalue weighted by Gasteiger charge is 2.21. The van der Waals surface area contributed by atoms with Crippen molar-refractivity contribution >= 4 is 22.5 Å². The third-order valence-electron chi connectivity index (χ3n) is 6.07. The van der Waals surface area contributed by atoms with E-state index in [0.29, 0.717) is 19.2 Å². The second-order valence-corrected chi connectivity index (χ2v) is 8.15. The molecule has 6 rings (SSSR count). The Labute approximate surface area is 191 Å². The first-order valence-corrected chi connectivity index (χ1v) is 11.3. The van der Waals surface area contributed by atoms with Crippen molar-refractivity contribution in [3.8, 4) is 17.1 Å². The third kappa shape index (κ3) is 4.01. The molecule has 0 amide bonds. The molecule has 5 heterocycles. The molecule has 2 saturated heterocycles. The second-order valence-electron chi connectivity index (χ2n) is 8.15.